The van der Waals surface area contributed by atoms with Gasteiger partial charge in [0.25, 0.3) is 0 Å². The fourth-order valence-corrected chi connectivity index (χ4v) is 3.01. The van der Waals surface area contributed by atoms with Crippen LogP contribution in [0.1, 0.15) is 6.92 Å². The van der Waals surface area contributed by atoms with Crippen LogP contribution in [0.3, 0.4) is 0 Å². The average molecular weight is 275 g/mol. The first kappa shape index (κ1) is 13.3. The molecule has 0 bridgehead atoms. The van der Waals surface area contributed by atoms with Gasteiger partial charge in [0.15, 0.2) is 0 Å². The summed E-state index contributed by atoms with van der Waals surface area (Å²) in [4.78, 5) is 11.4. The summed E-state index contributed by atoms with van der Waals surface area (Å²) < 4.78 is 24.7. The Balaban J connectivity index is 2.44. The van der Waals surface area contributed by atoms with Crippen molar-refractivity contribution in [3.8, 4) is 0 Å². The van der Waals surface area contributed by atoms with Crippen molar-refractivity contribution in [3.05, 3.63) is 54.6 Å². The number of rotatable bonds is 3. The summed E-state index contributed by atoms with van der Waals surface area (Å²) >= 11 is 0. The Kier molecular flexibility index (Phi) is 3.66. The first-order valence-electron chi connectivity index (χ1n) is 5.68. The van der Waals surface area contributed by atoms with E-state index < -0.39 is 9.84 Å². The molecule has 0 saturated heterocycles. The maximum atomic E-state index is 12.4. The lowest BCUT2D eigenvalue weighted by Gasteiger charge is -2.07. The van der Waals surface area contributed by atoms with Gasteiger partial charge in [0, 0.05) is 12.6 Å². The molecule has 4 nitrogen and oxygen atoms in total. The summed E-state index contributed by atoms with van der Waals surface area (Å²) in [7, 11) is -3.55. The fourth-order valence-electron chi connectivity index (χ4n) is 1.68. The van der Waals surface area contributed by atoms with Gasteiger partial charge in [-0.05, 0) is 30.3 Å². The van der Waals surface area contributed by atoms with E-state index in [2.05, 4.69) is 5.32 Å². The number of carbonyl (C=O) groups is 1. The van der Waals surface area contributed by atoms with Crippen LogP contribution < -0.4 is 5.32 Å². The highest BCUT2D eigenvalue weighted by atomic mass is 32.2. The van der Waals surface area contributed by atoms with Crippen LogP contribution >= 0.6 is 0 Å². The van der Waals surface area contributed by atoms with Crippen LogP contribution in [0.2, 0.25) is 0 Å². The van der Waals surface area contributed by atoms with E-state index in [1.54, 1.807) is 42.5 Å². The van der Waals surface area contributed by atoms with Crippen LogP contribution in [0.25, 0.3) is 0 Å². The van der Waals surface area contributed by atoms with Crippen LogP contribution in [0.5, 0.6) is 0 Å². The van der Waals surface area contributed by atoms with Gasteiger partial charge in [0.1, 0.15) is 0 Å². The predicted octanol–water partition coefficient (Wildman–Crippen LogP) is 2.48. The first-order chi connectivity index (χ1) is 9.00. The van der Waals surface area contributed by atoms with Crippen molar-refractivity contribution in [3.63, 3.8) is 0 Å². The SMILES string of the molecule is CC(=O)Nc1cccc(S(=O)(=O)c2ccccc2)c1. The molecule has 0 aliphatic rings. The molecule has 2 aromatic carbocycles. The van der Waals surface area contributed by atoms with E-state index in [0.29, 0.717) is 5.69 Å². The summed E-state index contributed by atoms with van der Waals surface area (Å²) in [5.74, 6) is -0.241. The highest BCUT2D eigenvalue weighted by Gasteiger charge is 2.17. The van der Waals surface area contributed by atoms with Crippen molar-refractivity contribution in [2.75, 3.05) is 5.32 Å². The van der Waals surface area contributed by atoms with Crippen LogP contribution in [-0.2, 0) is 14.6 Å². The van der Waals surface area contributed by atoms with Gasteiger partial charge < -0.3 is 5.32 Å². The molecule has 19 heavy (non-hydrogen) atoms. The topological polar surface area (TPSA) is 63.2 Å². The van der Waals surface area contributed by atoms with Crippen LogP contribution in [0, 0.1) is 0 Å². The minimum Gasteiger partial charge on any atom is -0.326 e. The molecule has 0 atom stereocenters. The van der Waals surface area contributed by atoms with Gasteiger partial charge in [0.05, 0.1) is 9.79 Å². The van der Waals surface area contributed by atoms with Gasteiger partial charge in [-0.15, -0.1) is 0 Å². The molecule has 1 N–H and O–H groups in total. The third-order valence-electron chi connectivity index (χ3n) is 2.52. The zero-order chi connectivity index (χ0) is 13.9. The summed E-state index contributed by atoms with van der Waals surface area (Å²) in [6, 6.07) is 14.4. The zero-order valence-electron chi connectivity index (χ0n) is 10.3. The van der Waals surface area contributed by atoms with Gasteiger partial charge in [-0.25, -0.2) is 8.42 Å². The molecule has 2 aromatic rings. The molecular weight excluding hydrogens is 262 g/mol. The highest BCUT2D eigenvalue weighted by molar-refractivity contribution is 7.91. The number of benzene rings is 2. The molecule has 1 amide bonds. The van der Waals surface area contributed by atoms with Gasteiger partial charge >= 0.3 is 0 Å². The van der Waals surface area contributed by atoms with E-state index in [1.165, 1.54) is 19.1 Å². The Morgan fingerprint density at radius 2 is 1.58 bits per heavy atom. The van der Waals surface area contributed by atoms with Gasteiger partial charge in [-0.2, -0.15) is 0 Å². The van der Waals surface area contributed by atoms with Crippen molar-refractivity contribution in [2.45, 2.75) is 16.7 Å². The average Bonchev–Trinajstić information content (AvgIpc) is 2.39. The molecule has 0 heterocycles. The summed E-state index contributed by atoms with van der Waals surface area (Å²) in [6.07, 6.45) is 0. The number of anilines is 1. The summed E-state index contributed by atoms with van der Waals surface area (Å²) in [6.45, 7) is 1.37. The van der Waals surface area contributed by atoms with Crippen molar-refractivity contribution in [2.24, 2.45) is 0 Å². The Morgan fingerprint density at radius 1 is 0.947 bits per heavy atom. The van der Waals surface area contributed by atoms with E-state index in [0.717, 1.165) is 0 Å². The monoisotopic (exact) mass is 275 g/mol. The smallest absolute Gasteiger partial charge is 0.221 e. The lowest BCUT2D eigenvalue weighted by molar-refractivity contribution is -0.114. The Bertz CT molecular complexity index is 694. The molecule has 0 unspecified atom stereocenters. The number of carbonyl (C=O) groups excluding carboxylic acids is 1. The summed E-state index contributed by atoms with van der Waals surface area (Å²) in [5, 5.41) is 2.57. The molecule has 2 rings (SSSR count). The molecule has 0 radical (unpaired) electrons. The normalized spacial score (nSPS) is 11.0. The Labute approximate surface area is 112 Å². The number of hydrogen-bond donors (Lipinski definition) is 1. The third kappa shape index (κ3) is 3.00. The quantitative estimate of drug-likeness (QED) is 0.936. The van der Waals surface area contributed by atoms with Crippen molar-refractivity contribution in [1.29, 1.82) is 0 Å². The van der Waals surface area contributed by atoms with E-state index in [-0.39, 0.29) is 15.7 Å². The maximum Gasteiger partial charge on any atom is 0.221 e. The minimum absolute atomic E-state index is 0.157. The molecule has 0 fully saturated rings. The molecule has 0 saturated carbocycles. The molecular formula is C14H13NO3S. The second-order valence-electron chi connectivity index (χ2n) is 4.03. The molecule has 0 aliphatic heterocycles. The number of hydrogen-bond acceptors (Lipinski definition) is 3. The third-order valence-corrected chi connectivity index (χ3v) is 4.29. The lowest BCUT2D eigenvalue weighted by Crippen LogP contribution is -2.07. The number of amides is 1. The number of nitrogens with one attached hydrogen (secondary N) is 1. The van der Waals surface area contributed by atoms with Crippen molar-refractivity contribution in [1.82, 2.24) is 0 Å². The van der Waals surface area contributed by atoms with E-state index >= 15 is 0 Å². The van der Waals surface area contributed by atoms with Crippen LogP contribution in [0.4, 0.5) is 5.69 Å². The maximum absolute atomic E-state index is 12.4. The van der Waals surface area contributed by atoms with Gasteiger partial charge in [0.2, 0.25) is 15.7 Å². The fraction of sp³-hybridized carbons (Fsp3) is 0.0714. The highest BCUT2D eigenvalue weighted by Crippen LogP contribution is 2.22. The lowest BCUT2D eigenvalue weighted by atomic mass is 10.3. The van der Waals surface area contributed by atoms with Crippen LogP contribution in [-0.4, -0.2) is 14.3 Å². The Morgan fingerprint density at radius 3 is 2.21 bits per heavy atom. The second kappa shape index (κ2) is 5.24. The summed E-state index contributed by atoms with van der Waals surface area (Å²) in [5.41, 5.74) is 0.463. The standard InChI is InChI=1S/C14H13NO3S/c1-11(16)15-12-6-5-9-14(10-12)19(17,18)13-7-3-2-4-8-13/h2-10H,1H3,(H,15,16). The largest absolute Gasteiger partial charge is 0.326 e. The number of sulfone groups is 1. The molecule has 5 heteroatoms. The van der Waals surface area contributed by atoms with Gasteiger partial charge in [-0.3, -0.25) is 4.79 Å². The van der Waals surface area contributed by atoms with Crippen molar-refractivity contribution >= 4 is 21.4 Å². The van der Waals surface area contributed by atoms with Crippen LogP contribution in [0.15, 0.2) is 64.4 Å². The minimum atomic E-state index is -3.55. The van der Waals surface area contributed by atoms with Crippen molar-refractivity contribution < 1.29 is 13.2 Å². The van der Waals surface area contributed by atoms with E-state index in [9.17, 15) is 13.2 Å². The molecule has 0 aromatic heterocycles. The van der Waals surface area contributed by atoms with Gasteiger partial charge in [-0.1, -0.05) is 24.3 Å². The first-order valence-corrected chi connectivity index (χ1v) is 7.16. The van der Waals surface area contributed by atoms with E-state index in [4.69, 9.17) is 0 Å². The second-order valence-corrected chi connectivity index (χ2v) is 5.98. The zero-order valence-corrected chi connectivity index (χ0v) is 11.1. The molecule has 0 aliphatic carbocycles. The predicted molar refractivity (Wildman–Crippen MR) is 72.6 cm³/mol. The van der Waals surface area contributed by atoms with E-state index in [1.807, 2.05) is 0 Å². The Hall–Kier alpha value is -2.14. The molecule has 98 valence electrons. The molecule has 0 spiro atoms.